The number of hydrogen-bond donors (Lipinski definition) is 2. The molecule has 3 aromatic rings. The largest absolute Gasteiger partial charge is 0.490 e. The summed E-state index contributed by atoms with van der Waals surface area (Å²) in [5.74, 6) is -7.70. The van der Waals surface area contributed by atoms with Crippen LogP contribution in [-0.4, -0.2) is 93.9 Å². The van der Waals surface area contributed by atoms with Crippen LogP contribution in [-0.2, 0) is 35.3 Å². The Morgan fingerprint density at radius 2 is 1.65 bits per heavy atom. The fourth-order valence-electron chi connectivity index (χ4n) is 6.02. The average molecular weight is 792 g/mol. The molecule has 0 aliphatic carbocycles. The molecule has 0 bridgehead atoms. The van der Waals surface area contributed by atoms with Crippen LogP contribution in [0.4, 0.5) is 22.0 Å². The fourth-order valence-corrected chi connectivity index (χ4v) is 6.91. The van der Waals surface area contributed by atoms with Crippen molar-refractivity contribution < 1.29 is 50.7 Å². The van der Waals surface area contributed by atoms with Gasteiger partial charge in [-0.3, -0.25) is 24.1 Å². The number of ether oxygens (including phenoxy) is 1. The standard InChI is InChI=1S/C38H42F5N5O6S/c1-37(2,3)34(29-18-25(27-19-26(39)10-11-28(27)40)21-46(29)20-24-8-5-4-6-9-24)48(16-7-14-44)33(51)23-55-22-30(54-36(53)38(41,42)43)35(52)45-15-17-47-31(49)12-13-32(47)50/h4-6,8-13,18-19,21,30,34H,7,14-17,20,22-23,44H2,1-3H3,(H,45,52)/t30?,34-/m0/s1. The average Bonchev–Trinajstić information content (AvgIpc) is 3.67. The highest BCUT2D eigenvalue weighted by atomic mass is 32.2. The van der Waals surface area contributed by atoms with E-state index in [1.54, 1.807) is 17.2 Å². The number of halogens is 5. The van der Waals surface area contributed by atoms with Gasteiger partial charge in [0.25, 0.3) is 17.7 Å². The first-order valence-electron chi connectivity index (χ1n) is 17.3. The molecule has 0 saturated carbocycles. The van der Waals surface area contributed by atoms with Gasteiger partial charge in [-0.15, -0.1) is 11.8 Å². The van der Waals surface area contributed by atoms with Gasteiger partial charge in [-0.1, -0.05) is 51.1 Å². The van der Waals surface area contributed by atoms with Crippen LogP contribution in [0.3, 0.4) is 0 Å². The third-order valence-corrected chi connectivity index (χ3v) is 9.49. The number of imide groups is 1. The quantitative estimate of drug-likeness (QED) is 0.111. The molecular formula is C38H42F5N5O6S. The van der Waals surface area contributed by atoms with Gasteiger partial charge < -0.3 is 25.3 Å². The molecular weight excluding hydrogens is 750 g/mol. The van der Waals surface area contributed by atoms with Crippen LogP contribution in [0.1, 0.15) is 44.5 Å². The van der Waals surface area contributed by atoms with Gasteiger partial charge in [-0.25, -0.2) is 13.6 Å². The number of carbonyl (C=O) groups is 5. The summed E-state index contributed by atoms with van der Waals surface area (Å²) in [5.41, 5.74) is 7.05. The minimum absolute atomic E-state index is 0.0177. The van der Waals surface area contributed by atoms with Crippen LogP contribution < -0.4 is 11.1 Å². The highest BCUT2D eigenvalue weighted by Crippen LogP contribution is 2.41. The molecule has 17 heteroatoms. The maximum Gasteiger partial charge on any atom is 0.490 e. The Bertz CT molecular complexity index is 1880. The van der Waals surface area contributed by atoms with Crippen molar-refractivity contribution >= 4 is 41.4 Å². The monoisotopic (exact) mass is 791 g/mol. The number of hydrogen-bond acceptors (Lipinski definition) is 8. The van der Waals surface area contributed by atoms with E-state index in [0.717, 1.165) is 52.6 Å². The van der Waals surface area contributed by atoms with Gasteiger partial charge in [-0.05, 0) is 48.2 Å². The van der Waals surface area contributed by atoms with Crippen molar-refractivity contribution in [2.45, 2.75) is 52.1 Å². The minimum Gasteiger partial charge on any atom is -0.445 e. The molecule has 0 fully saturated rings. The van der Waals surface area contributed by atoms with E-state index < -0.39 is 70.7 Å². The van der Waals surface area contributed by atoms with Gasteiger partial charge >= 0.3 is 12.1 Å². The summed E-state index contributed by atoms with van der Waals surface area (Å²) in [6.45, 7) is 5.72. The maximum atomic E-state index is 15.1. The Labute approximate surface area is 319 Å². The summed E-state index contributed by atoms with van der Waals surface area (Å²) in [4.78, 5) is 64.8. The van der Waals surface area contributed by atoms with Gasteiger partial charge in [0.2, 0.25) is 5.91 Å². The van der Waals surface area contributed by atoms with Gasteiger partial charge in [0.05, 0.1) is 11.8 Å². The summed E-state index contributed by atoms with van der Waals surface area (Å²) < 4.78 is 75.2. The summed E-state index contributed by atoms with van der Waals surface area (Å²) in [7, 11) is 0. The van der Waals surface area contributed by atoms with Crippen molar-refractivity contribution in [3.63, 3.8) is 0 Å². The SMILES string of the molecule is CC(C)(C)[C@H](c1cc(-c2cc(F)ccc2F)cn1Cc1ccccc1)N(CCCN)C(=O)CSCC(OC(=O)C(F)(F)F)C(=O)NCCN1C(=O)C=CC1=O. The lowest BCUT2D eigenvalue weighted by Crippen LogP contribution is -2.46. The lowest BCUT2D eigenvalue weighted by atomic mass is 9.83. The molecule has 1 aliphatic rings. The normalized spacial score (nSPS) is 14.2. The van der Waals surface area contributed by atoms with E-state index >= 15 is 4.39 Å². The summed E-state index contributed by atoms with van der Waals surface area (Å²) in [6, 6.07) is 13.5. The number of esters is 1. The van der Waals surface area contributed by atoms with Crippen molar-refractivity contribution in [1.82, 2.24) is 19.7 Å². The number of alkyl halides is 3. The predicted octanol–water partition coefficient (Wildman–Crippen LogP) is 4.99. The van der Waals surface area contributed by atoms with E-state index in [0.29, 0.717) is 24.2 Å². The second-order valence-corrected chi connectivity index (χ2v) is 14.8. The summed E-state index contributed by atoms with van der Waals surface area (Å²) in [5, 5.41) is 2.27. The Morgan fingerprint density at radius 3 is 2.27 bits per heavy atom. The number of amides is 4. The summed E-state index contributed by atoms with van der Waals surface area (Å²) in [6.07, 6.45) is -3.31. The molecule has 0 spiro atoms. The van der Waals surface area contributed by atoms with E-state index in [9.17, 15) is 41.5 Å². The van der Waals surface area contributed by atoms with E-state index in [2.05, 4.69) is 10.1 Å². The van der Waals surface area contributed by atoms with E-state index in [4.69, 9.17) is 5.73 Å². The molecule has 55 heavy (non-hydrogen) atoms. The zero-order chi connectivity index (χ0) is 40.5. The minimum atomic E-state index is -5.42. The van der Waals surface area contributed by atoms with Gasteiger partial charge in [0.15, 0.2) is 6.10 Å². The van der Waals surface area contributed by atoms with Crippen molar-refractivity contribution in [3.05, 3.63) is 95.8 Å². The smallest absolute Gasteiger partial charge is 0.445 e. The Kier molecular flexibility index (Phi) is 14.4. The topological polar surface area (TPSA) is 144 Å². The zero-order valence-electron chi connectivity index (χ0n) is 30.4. The van der Waals surface area contributed by atoms with Crippen LogP contribution in [0.15, 0.2) is 72.9 Å². The van der Waals surface area contributed by atoms with Crippen LogP contribution >= 0.6 is 11.8 Å². The number of nitrogens with two attached hydrogens (primary N) is 1. The van der Waals surface area contributed by atoms with Crippen LogP contribution in [0.25, 0.3) is 11.1 Å². The number of nitrogens with one attached hydrogen (secondary N) is 1. The molecule has 2 aromatic carbocycles. The van der Waals surface area contributed by atoms with Crippen molar-refractivity contribution in [1.29, 1.82) is 0 Å². The Balaban J connectivity index is 1.61. The van der Waals surface area contributed by atoms with Crippen molar-refractivity contribution in [3.8, 4) is 11.1 Å². The lowest BCUT2D eigenvalue weighted by Gasteiger charge is -2.41. The fraction of sp³-hybridized carbons (Fsp3) is 0.395. The number of benzene rings is 2. The second kappa shape index (κ2) is 18.5. The zero-order valence-corrected chi connectivity index (χ0v) is 31.2. The molecule has 4 amide bonds. The first-order valence-corrected chi connectivity index (χ1v) is 18.4. The second-order valence-electron chi connectivity index (χ2n) is 13.7. The molecule has 0 radical (unpaired) electrons. The van der Waals surface area contributed by atoms with Crippen LogP contribution in [0.2, 0.25) is 0 Å². The maximum absolute atomic E-state index is 15.1. The molecule has 0 saturated heterocycles. The van der Waals surface area contributed by atoms with E-state index in [1.807, 2.05) is 55.7 Å². The molecule has 2 heterocycles. The Hall–Kier alpha value is -5.03. The Morgan fingerprint density at radius 1 is 0.982 bits per heavy atom. The predicted molar refractivity (Wildman–Crippen MR) is 195 cm³/mol. The number of nitrogens with zero attached hydrogens (tertiary/aromatic N) is 3. The molecule has 1 unspecified atom stereocenters. The van der Waals surface area contributed by atoms with Crippen LogP contribution in [0.5, 0.6) is 0 Å². The number of aromatic nitrogens is 1. The number of thioether (sulfide) groups is 1. The highest BCUT2D eigenvalue weighted by Gasteiger charge is 2.44. The molecule has 1 aromatic heterocycles. The van der Waals surface area contributed by atoms with Gasteiger partial charge in [0.1, 0.15) is 11.6 Å². The molecule has 3 N–H and O–H groups in total. The molecule has 11 nitrogen and oxygen atoms in total. The van der Waals surface area contributed by atoms with E-state index in [-0.39, 0.29) is 37.5 Å². The van der Waals surface area contributed by atoms with Gasteiger partial charge in [-0.2, -0.15) is 13.2 Å². The molecule has 1 aliphatic heterocycles. The highest BCUT2D eigenvalue weighted by molar-refractivity contribution is 8.00. The number of rotatable bonds is 17. The molecule has 4 rings (SSSR count). The van der Waals surface area contributed by atoms with Gasteiger partial charge in [0, 0.05) is 67.1 Å². The molecule has 2 atom stereocenters. The van der Waals surface area contributed by atoms with Crippen LogP contribution in [0, 0.1) is 17.0 Å². The number of carbonyl (C=O) groups excluding carboxylic acids is 5. The first kappa shape index (κ1) is 42.7. The van der Waals surface area contributed by atoms with E-state index in [1.165, 1.54) is 0 Å². The lowest BCUT2D eigenvalue weighted by molar-refractivity contribution is -0.204. The molecule has 296 valence electrons. The van der Waals surface area contributed by atoms with Crippen molar-refractivity contribution in [2.75, 3.05) is 37.7 Å². The third-order valence-electron chi connectivity index (χ3n) is 8.50. The summed E-state index contributed by atoms with van der Waals surface area (Å²) >= 11 is 0.753. The first-order chi connectivity index (χ1) is 25.9. The third kappa shape index (κ3) is 11.5. The van der Waals surface area contributed by atoms with Crippen molar-refractivity contribution in [2.24, 2.45) is 11.1 Å².